The molecule has 3 aromatic rings. The molecular formula is C27H25N5O2S2. The van der Waals surface area contributed by atoms with Crippen LogP contribution < -0.4 is 4.90 Å². The van der Waals surface area contributed by atoms with Crippen molar-refractivity contribution in [2.75, 3.05) is 31.1 Å². The van der Waals surface area contributed by atoms with E-state index in [0.717, 1.165) is 43.9 Å². The van der Waals surface area contributed by atoms with Gasteiger partial charge >= 0.3 is 0 Å². The van der Waals surface area contributed by atoms with Gasteiger partial charge in [0.05, 0.1) is 11.4 Å². The number of benzene rings is 2. The lowest BCUT2D eigenvalue weighted by molar-refractivity contribution is -0.122. The lowest BCUT2D eigenvalue weighted by atomic mass is 10.1. The van der Waals surface area contributed by atoms with E-state index in [4.69, 9.17) is 16.6 Å². The molecule has 2 fully saturated rings. The number of hydrogen-bond donors (Lipinski definition) is 0. The molecule has 1 aromatic heterocycles. The zero-order valence-corrected chi connectivity index (χ0v) is 21.5. The Labute approximate surface area is 220 Å². The summed E-state index contributed by atoms with van der Waals surface area (Å²) in [7, 11) is 0. The summed E-state index contributed by atoms with van der Waals surface area (Å²) in [4.78, 5) is 23.8. The SMILES string of the molecule is Cc1ccc(CN2C(=O)/C(=C\c3nc(C#N)c(N4CCN(Cc5ccccc5)CC4)o3)SC2=S)cc1. The number of hydrogen-bond acceptors (Lipinski definition) is 8. The van der Waals surface area contributed by atoms with Crippen molar-refractivity contribution in [1.29, 1.82) is 5.26 Å². The molecule has 9 heteroatoms. The number of anilines is 1. The highest BCUT2D eigenvalue weighted by molar-refractivity contribution is 8.26. The number of piperazine rings is 1. The van der Waals surface area contributed by atoms with Crippen molar-refractivity contribution in [2.45, 2.75) is 20.0 Å². The van der Waals surface area contributed by atoms with Gasteiger partial charge in [0.1, 0.15) is 10.4 Å². The molecule has 2 aliphatic heterocycles. The molecule has 0 aliphatic carbocycles. The Morgan fingerprint density at radius 1 is 1.06 bits per heavy atom. The lowest BCUT2D eigenvalue weighted by Gasteiger charge is -2.34. The van der Waals surface area contributed by atoms with Crippen LogP contribution in [0.4, 0.5) is 5.88 Å². The molecule has 2 aromatic carbocycles. The van der Waals surface area contributed by atoms with Crippen molar-refractivity contribution in [1.82, 2.24) is 14.8 Å². The van der Waals surface area contributed by atoms with Crippen molar-refractivity contribution in [3.8, 4) is 6.07 Å². The van der Waals surface area contributed by atoms with Gasteiger partial charge in [0.15, 0.2) is 0 Å². The summed E-state index contributed by atoms with van der Waals surface area (Å²) >= 11 is 6.69. The Bertz CT molecular complexity index is 1340. The number of aromatic nitrogens is 1. The van der Waals surface area contributed by atoms with E-state index in [0.29, 0.717) is 21.7 Å². The van der Waals surface area contributed by atoms with Crippen LogP contribution in [0, 0.1) is 18.3 Å². The maximum Gasteiger partial charge on any atom is 0.266 e. The predicted molar refractivity (Wildman–Crippen MR) is 145 cm³/mol. The molecular weight excluding hydrogens is 490 g/mol. The average molecular weight is 516 g/mol. The fourth-order valence-electron chi connectivity index (χ4n) is 4.25. The first kappa shape index (κ1) is 24.3. The van der Waals surface area contributed by atoms with Crippen molar-refractivity contribution in [3.05, 3.63) is 87.8 Å². The average Bonchev–Trinajstić information content (AvgIpc) is 3.42. The Morgan fingerprint density at radius 2 is 1.75 bits per heavy atom. The summed E-state index contributed by atoms with van der Waals surface area (Å²) in [6.45, 7) is 6.50. The van der Waals surface area contributed by atoms with Gasteiger partial charge in [-0.2, -0.15) is 10.2 Å². The molecule has 5 rings (SSSR count). The first-order chi connectivity index (χ1) is 17.5. The lowest BCUT2D eigenvalue weighted by Crippen LogP contribution is -2.46. The minimum Gasteiger partial charge on any atom is -0.420 e. The second-order valence-electron chi connectivity index (χ2n) is 8.82. The highest BCUT2D eigenvalue weighted by Gasteiger charge is 2.33. The van der Waals surface area contributed by atoms with Gasteiger partial charge in [-0.15, -0.1) is 0 Å². The summed E-state index contributed by atoms with van der Waals surface area (Å²) in [5.74, 6) is 0.515. The van der Waals surface area contributed by atoms with Crippen LogP contribution in [0.3, 0.4) is 0 Å². The van der Waals surface area contributed by atoms with E-state index >= 15 is 0 Å². The molecule has 0 radical (unpaired) electrons. The van der Waals surface area contributed by atoms with E-state index < -0.39 is 0 Å². The van der Waals surface area contributed by atoms with Crippen LogP contribution in [0.15, 0.2) is 63.9 Å². The third kappa shape index (κ3) is 5.36. The number of aryl methyl sites for hydroxylation is 1. The molecule has 7 nitrogen and oxygen atoms in total. The van der Waals surface area contributed by atoms with E-state index in [1.165, 1.54) is 17.3 Å². The van der Waals surface area contributed by atoms with Gasteiger partial charge in [0.25, 0.3) is 5.91 Å². The van der Waals surface area contributed by atoms with Gasteiger partial charge in [-0.25, -0.2) is 0 Å². The van der Waals surface area contributed by atoms with Crippen molar-refractivity contribution >= 4 is 46.2 Å². The highest BCUT2D eigenvalue weighted by Crippen LogP contribution is 2.34. The minimum absolute atomic E-state index is 0.182. The van der Waals surface area contributed by atoms with Crippen molar-refractivity contribution in [2.24, 2.45) is 0 Å². The smallest absolute Gasteiger partial charge is 0.266 e. The summed E-state index contributed by atoms with van der Waals surface area (Å²) in [5, 5.41) is 9.66. The molecule has 0 bridgehead atoms. The van der Waals surface area contributed by atoms with Crippen LogP contribution in [0.2, 0.25) is 0 Å². The first-order valence-electron chi connectivity index (χ1n) is 11.7. The molecule has 0 unspecified atom stereocenters. The standard InChI is InChI=1S/C27H25N5O2S2/c1-19-7-9-21(10-8-19)18-32-25(33)23(36-27(32)35)15-24-29-22(16-28)26(34-24)31-13-11-30(12-14-31)17-20-5-3-2-4-6-20/h2-10,15H,11-14,17-18H2,1H3/b23-15+. The second-order valence-corrected chi connectivity index (χ2v) is 10.5. The highest BCUT2D eigenvalue weighted by atomic mass is 32.2. The Kier molecular flexibility index (Phi) is 7.18. The summed E-state index contributed by atoms with van der Waals surface area (Å²) in [5.41, 5.74) is 3.68. The number of amides is 1. The van der Waals surface area contributed by atoms with Crippen LogP contribution in [0.5, 0.6) is 0 Å². The molecule has 0 saturated carbocycles. The largest absolute Gasteiger partial charge is 0.420 e. The topological polar surface area (TPSA) is 76.6 Å². The molecule has 2 saturated heterocycles. The fraction of sp³-hybridized carbons (Fsp3) is 0.259. The van der Waals surface area contributed by atoms with Crippen LogP contribution in [0.25, 0.3) is 6.08 Å². The Hall–Kier alpha value is -3.45. The maximum atomic E-state index is 13.0. The van der Waals surface area contributed by atoms with Crippen LogP contribution in [-0.2, 0) is 17.9 Å². The number of rotatable bonds is 6. The zero-order valence-electron chi connectivity index (χ0n) is 19.9. The van der Waals surface area contributed by atoms with Gasteiger partial charge in [0.2, 0.25) is 17.5 Å². The molecule has 0 atom stereocenters. The molecule has 0 spiro atoms. The third-order valence-electron chi connectivity index (χ3n) is 6.23. The molecule has 3 heterocycles. The zero-order chi connectivity index (χ0) is 25.1. The van der Waals surface area contributed by atoms with E-state index in [2.05, 4.69) is 40.2 Å². The number of carbonyl (C=O) groups excluding carboxylic acids is 1. The van der Waals surface area contributed by atoms with Crippen LogP contribution >= 0.6 is 24.0 Å². The molecule has 1 amide bonds. The van der Waals surface area contributed by atoms with Gasteiger partial charge in [-0.05, 0) is 18.1 Å². The second kappa shape index (κ2) is 10.7. The van der Waals surface area contributed by atoms with Gasteiger partial charge in [-0.3, -0.25) is 14.6 Å². The summed E-state index contributed by atoms with van der Waals surface area (Å²) in [6, 6.07) is 20.6. The minimum atomic E-state index is -0.182. The quantitative estimate of drug-likeness (QED) is 0.349. The Morgan fingerprint density at radius 3 is 2.44 bits per heavy atom. The predicted octanol–water partition coefficient (Wildman–Crippen LogP) is 4.58. The monoisotopic (exact) mass is 515 g/mol. The normalized spacial score (nSPS) is 17.7. The van der Waals surface area contributed by atoms with E-state index in [9.17, 15) is 10.1 Å². The van der Waals surface area contributed by atoms with Crippen LogP contribution in [0.1, 0.15) is 28.3 Å². The number of carbonyl (C=O) groups is 1. The summed E-state index contributed by atoms with van der Waals surface area (Å²) < 4.78 is 6.48. The van der Waals surface area contributed by atoms with E-state index in [1.54, 1.807) is 11.0 Å². The molecule has 36 heavy (non-hydrogen) atoms. The number of nitriles is 1. The van der Waals surface area contributed by atoms with Crippen molar-refractivity contribution < 1.29 is 9.21 Å². The number of thiocarbonyl (C=S) groups is 1. The van der Waals surface area contributed by atoms with Crippen LogP contribution in [-0.4, -0.2) is 51.2 Å². The Balaban J connectivity index is 1.26. The first-order valence-corrected chi connectivity index (χ1v) is 13.0. The molecule has 2 aliphatic rings. The van der Waals surface area contributed by atoms with Crippen molar-refractivity contribution in [3.63, 3.8) is 0 Å². The summed E-state index contributed by atoms with van der Waals surface area (Å²) in [6.07, 6.45) is 1.59. The van der Waals surface area contributed by atoms with Gasteiger partial charge in [-0.1, -0.05) is 84.1 Å². The third-order valence-corrected chi connectivity index (χ3v) is 7.61. The fourth-order valence-corrected chi connectivity index (χ4v) is 5.47. The van der Waals surface area contributed by atoms with Gasteiger partial charge < -0.3 is 9.32 Å². The number of thioether (sulfide) groups is 1. The van der Waals surface area contributed by atoms with E-state index in [-0.39, 0.29) is 17.5 Å². The maximum absolute atomic E-state index is 13.0. The molecule has 182 valence electrons. The van der Waals surface area contributed by atoms with E-state index in [1.807, 2.05) is 42.2 Å². The number of nitrogens with zero attached hydrogens (tertiary/aromatic N) is 5. The molecule has 0 N–H and O–H groups in total. The van der Waals surface area contributed by atoms with Gasteiger partial charge in [0, 0.05) is 38.8 Å². The number of oxazole rings is 1.